The Balaban J connectivity index is 0.00000729. The molecule has 1 rings (SSSR count). The molecule has 1 aromatic rings. The number of rotatable bonds is 13. The number of halogens is 4. The zero-order valence-corrected chi connectivity index (χ0v) is 17.2. The molecule has 0 aromatic heterocycles. The molecule has 0 aliphatic rings. The van der Waals surface area contributed by atoms with Gasteiger partial charge in [-0.2, -0.15) is 13.2 Å². The third kappa shape index (κ3) is 9.45. The van der Waals surface area contributed by atoms with Crippen molar-refractivity contribution in [2.45, 2.75) is 70.0 Å². The highest BCUT2D eigenvalue weighted by Crippen LogP contribution is 2.37. The van der Waals surface area contributed by atoms with Crippen LogP contribution < -0.4 is 10.5 Å². The van der Waals surface area contributed by atoms with Crippen molar-refractivity contribution in [2.75, 3.05) is 19.8 Å². The Bertz CT molecular complexity index is 552. The highest BCUT2D eigenvalue weighted by molar-refractivity contribution is 5.85. The molecular weight excluding hydrogens is 395 g/mol. The third-order valence-electron chi connectivity index (χ3n) is 4.65. The summed E-state index contributed by atoms with van der Waals surface area (Å²) in [5.41, 5.74) is 4.20. The van der Waals surface area contributed by atoms with Crippen LogP contribution in [0.1, 0.15) is 63.0 Å². The van der Waals surface area contributed by atoms with Crippen LogP contribution in [0, 0.1) is 0 Å². The Labute approximate surface area is 171 Å². The zero-order chi connectivity index (χ0) is 20.3. The van der Waals surface area contributed by atoms with E-state index in [0.717, 1.165) is 38.2 Å². The van der Waals surface area contributed by atoms with Crippen LogP contribution in [0.15, 0.2) is 18.2 Å². The van der Waals surface area contributed by atoms with Crippen molar-refractivity contribution in [1.82, 2.24) is 0 Å². The molecule has 0 atom stereocenters. The molecule has 0 aliphatic heterocycles. The Morgan fingerprint density at radius 3 is 2.18 bits per heavy atom. The standard InChI is InChI=1S/C20H32F3NO3.ClH/c1-2-3-4-5-6-7-12-27-18-9-8-16(13-17(18)20(21,22)23)10-11-19(24,14-25)15-26;/h8-9,13,25-26H,2-7,10-12,14-15,24H2,1H3;1H. The smallest absolute Gasteiger partial charge is 0.419 e. The minimum Gasteiger partial charge on any atom is -0.493 e. The van der Waals surface area contributed by atoms with Gasteiger partial charge in [-0.25, -0.2) is 0 Å². The molecule has 0 fully saturated rings. The number of benzene rings is 1. The van der Waals surface area contributed by atoms with E-state index < -0.39 is 30.5 Å². The van der Waals surface area contributed by atoms with Gasteiger partial charge in [0.25, 0.3) is 0 Å². The molecule has 0 spiro atoms. The predicted octanol–water partition coefficient (Wildman–Crippen LogP) is 4.48. The summed E-state index contributed by atoms with van der Waals surface area (Å²) in [5.74, 6) is -0.164. The second-order valence-electron chi connectivity index (χ2n) is 7.12. The van der Waals surface area contributed by atoms with Gasteiger partial charge in [0.05, 0.1) is 30.9 Å². The third-order valence-corrected chi connectivity index (χ3v) is 4.65. The Morgan fingerprint density at radius 2 is 1.61 bits per heavy atom. The first-order valence-electron chi connectivity index (χ1n) is 9.59. The molecule has 1 aromatic carbocycles. The number of hydrogen-bond donors (Lipinski definition) is 3. The average molecular weight is 428 g/mol. The van der Waals surface area contributed by atoms with E-state index in [1.54, 1.807) is 6.07 Å². The first-order valence-corrected chi connectivity index (χ1v) is 9.59. The van der Waals surface area contributed by atoms with Gasteiger partial charge in [-0.05, 0) is 37.0 Å². The lowest BCUT2D eigenvalue weighted by molar-refractivity contribution is -0.139. The molecule has 0 radical (unpaired) electrons. The van der Waals surface area contributed by atoms with Gasteiger partial charge in [-0.3, -0.25) is 0 Å². The van der Waals surface area contributed by atoms with Crippen LogP contribution >= 0.6 is 12.4 Å². The van der Waals surface area contributed by atoms with Crippen LogP contribution in [0.25, 0.3) is 0 Å². The fourth-order valence-corrected chi connectivity index (χ4v) is 2.75. The van der Waals surface area contributed by atoms with Crippen molar-refractivity contribution in [3.05, 3.63) is 29.3 Å². The van der Waals surface area contributed by atoms with Crippen LogP contribution in [0.4, 0.5) is 13.2 Å². The summed E-state index contributed by atoms with van der Waals surface area (Å²) < 4.78 is 45.5. The summed E-state index contributed by atoms with van der Waals surface area (Å²) in [6.07, 6.45) is 2.10. The van der Waals surface area contributed by atoms with E-state index in [9.17, 15) is 23.4 Å². The molecular formula is C20H33ClF3NO3. The van der Waals surface area contributed by atoms with E-state index in [-0.39, 0.29) is 37.6 Å². The second kappa shape index (κ2) is 13.2. The lowest BCUT2D eigenvalue weighted by Gasteiger charge is -2.24. The number of nitrogens with two attached hydrogens (primary N) is 1. The highest BCUT2D eigenvalue weighted by Gasteiger charge is 2.35. The molecule has 0 unspecified atom stereocenters. The first-order chi connectivity index (χ1) is 12.8. The largest absolute Gasteiger partial charge is 0.493 e. The minimum atomic E-state index is -4.51. The summed E-state index contributed by atoms with van der Waals surface area (Å²) in [4.78, 5) is 0. The summed E-state index contributed by atoms with van der Waals surface area (Å²) >= 11 is 0. The number of alkyl halides is 3. The van der Waals surface area contributed by atoms with E-state index in [2.05, 4.69) is 6.92 Å². The van der Waals surface area contributed by atoms with E-state index in [0.29, 0.717) is 5.56 Å². The van der Waals surface area contributed by atoms with Gasteiger partial charge < -0.3 is 20.7 Å². The van der Waals surface area contributed by atoms with E-state index in [1.165, 1.54) is 12.5 Å². The van der Waals surface area contributed by atoms with Crippen LogP contribution in [-0.4, -0.2) is 35.6 Å². The number of aryl methyl sites for hydroxylation is 1. The summed E-state index contributed by atoms with van der Waals surface area (Å²) in [6.45, 7) is 1.52. The van der Waals surface area contributed by atoms with Crippen LogP contribution in [0.2, 0.25) is 0 Å². The first kappa shape index (κ1) is 27.0. The van der Waals surface area contributed by atoms with Crippen molar-refractivity contribution in [2.24, 2.45) is 5.73 Å². The minimum absolute atomic E-state index is 0. The molecule has 0 saturated heterocycles. The SMILES string of the molecule is CCCCCCCCOc1ccc(CCC(N)(CO)CO)cc1C(F)(F)F.Cl. The number of aliphatic hydroxyl groups excluding tert-OH is 2. The zero-order valence-electron chi connectivity index (χ0n) is 16.4. The summed E-state index contributed by atoms with van der Waals surface area (Å²) in [6, 6.07) is 3.97. The number of ether oxygens (including phenoxy) is 1. The van der Waals surface area contributed by atoms with E-state index in [4.69, 9.17) is 10.5 Å². The van der Waals surface area contributed by atoms with Crippen LogP contribution in [0.3, 0.4) is 0 Å². The van der Waals surface area contributed by atoms with Crippen LogP contribution in [-0.2, 0) is 12.6 Å². The predicted molar refractivity (Wildman–Crippen MR) is 107 cm³/mol. The normalized spacial score (nSPS) is 12.0. The Kier molecular flexibility index (Phi) is 12.8. The molecule has 0 aliphatic carbocycles. The van der Waals surface area contributed by atoms with Gasteiger partial charge in [-0.15, -0.1) is 12.4 Å². The maximum absolute atomic E-state index is 13.4. The molecule has 28 heavy (non-hydrogen) atoms. The quantitative estimate of drug-likeness (QED) is 0.406. The summed E-state index contributed by atoms with van der Waals surface area (Å²) in [7, 11) is 0. The lowest BCUT2D eigenvalue weighted by atomic mass is 9.93. The fourth-order valence-electron chi connectivity index (χ4n) is 2.75. The van der Waals surface area contributed by atoms with Gasteiger partial charge in [0, 0.05) is 0 Å². The van der Waals surface area contributed by atoms with E-state index >= 15 is 0 Å². The number of hydrogen-bond acceptors (Lipinski definition) is 4. The van der Waals surface area contributed by atoms with Gasteiger partial charge in [0.2, 0.25) is 0 Å². The van der Waals surface area contributed by atoms with Gasteiger partial charge >= 0.3 is 6.18 Å². The average Bonchev–Trinajstić information content (AvgIpc) is 2.65. The molecule has 0 saturated carbocycles. The molecule has 8 heteroatoms. The Hall–Kier alpha value is -1.02. The lowest BCUT2D eigenvalue weighted by Crippen LogP contribution is -2.47. The maximum atomic E-state index is 13.4. The van der Waals surface area contributed by atoms with Gasteiger partial charge in [0.15, 0.2) is 0 Å². The summed E-state index contributed by atoms with van der Waals surface area (Å²) in [5, 5.41) is 18.4. The van der Waals surface area contributed by atoms with Crippen molar-refractivity contribution in [1.29, 1.82) is 0 Å². The van der Waals surface area contributed by atoms with E-state index in [1.807, 2.05) is 0 Å². The molecule has 4 N–H and O–H groups in total. The molecule has 0 amide bonds. The molecule has 164 valence electrons. The monoisotopic (exact) mass is 427 g/mol. The second-order valence-corrected chi connectivity index (χ2v) is 7.12. The van der Waals surface area contributed by atoms with Crippen molar-refractivity contribution < 1.29 is 28.1 Å². The van der Waals surface area contributed by atoms with Crippen LogP contribution in [0.5, 0.6) is 5.75 Å². The molecule has 0 bridgehead atoms. The number of unbranched alkanes of at least 4 members (excludes halogenated alkanes) is 5. The Morgan fingerprint density at radius 1 is 1.00 bits per heavy atom. The van der Waals surface area contributed by atoms with Crippen molar-refractivity contribution in [3.63, 3.8) is 0 Å². The van der Waals surface area contributed by atoms with Gasteiger partial charge in [-0.1, -0.05) is 45.1 Å². The van der Waals surface area contributed by atoms with Gasteiger partial charge in [0.1, 0.15) is 5.75 Å². The topological polar surface area (TPSA) is 75.7 Å². The van der Waals surface area contributed by atoms with Crippen molar-refractivity contribution >= 4 is 12.4 Å². The maximum Gasteiger partial charge on any atom is 0.419 e. The molecule has 4 nitrogen and oxygen atoms in total. The number of aliphatic hydroxyl groups is 2. The molecule has 0 heterocycles. The van der Waals surface area contributed by atoms with Crippen molar-refractivity contribution in [3.8, 4) is 5.75 Å². The highest BCUT2D eigenvalue weighted by atomic mass is 35.5. The fraction of sp³-hybridized carbons (Fsp3) is 0.700.